The number of nitrogens with two attached hydrogens (primary N) is 2. The lowest BCUT2D eigenvalue weighted by Gasteiger charge is -2.16. The Bertz CT molecular complexity index is 369. The van der Waals surface area contributed by atoms with Gasteiger partial charge >= 0.3 is 0 Å². The van der Waals surface area contributed by atoms with E-state index in [2.05, 4.69) is 4.99 Å². The third-order valence-corrected chi connectivity index (χ3v) is 2.38. The summed E-state index contributed by atoms with van der Waals surface area (Å²) in [4.78, 5) is 3.93. The van der Waals surface area contributed by atoms with Gasteiger partial charge in [0.25, 0.3) is 0 Å². The molecule has 1 unspecified atom stereocenters. The van der Waals surface area contributed by atoms with Gasteiger partial charge in [0, 0.05) is 0 Å². The van der Waals surface area contributed by atoms with Crippen LogP contribution in [-0.2, 0) is 0 Å². The number of nitrogens with zero attached hydrogens (tertiary/aromatic N) is 1. The van der Waals surface area contributed by atoms with Gasteiger partial charge in [0.15, 0.2) is 5.96 Å². The molecule has 4 N–H and O–H groups in total. The van der Waals surface area contributed by atoms with Crippen LogP contribution < -0.4 is 16.2 Å². The first-order chi connectivity index (χ1) is 7.63. The van der Waals surface area contributed by atoms with Crippen LogP contribution in [0.4, 0.5) is 0 Å². The van der Waals surface area contributed by atoms with Gasteiger partial charge in [-0.25, -0.2) is 4.99 Å². The number of rotatable bonds is 5. The topological polar surface area (TPSA) is 73.6 Å². The first-order valence-electron chi connectivity index (χ1n) is 5.10. The number of hydrogen-bond donors (Lipinski definition) is 2. The number of guanidine groups is 1. The van der Waals surface area contributed by atoms with Crippen LogP contribution in [0.25, 0.3) is 0 Å². The summed E-state index contributed by atoms with van der Waals surface area (Å²) in [5, 5.41) is 0.589. The van der Waals surface area contributed by atoms with Crippen molar-refractivity contribution in [1.82, 2.24) is 0 Å². The molecular formula is C11H17ClIN3O. The predicted octanol–water partition coefficient (Wildman–Crippen LogP) is 2.39. The highest BCUT2D eigenvalue weighted by atomic mass is 127. The number of halogens is 2. The second kappa shape index (κ2) is 8.41. The zero-order valence-electron chi connectivity index (χ0n) is 9.60. The zero-order chi connectivity index (χ0) is 12.0. The molecule has 0 aromatic heterocycles. The lowest BCUT2D eigenvalue weighted by Crippen LogP contribution is -2.27. The Morgan fingerprint density at radius 3 is 2.59 bits per heavy atom. The Balaban J connectivity index is 0.00000256. The smallest absolute Gasteiger partial charge is 0.186 e. The SMILES string of the molecule is CCC(CN=C(N)N)Oc1ccccc1Cl.I. The van der Waals surface area contributed by atoms with E-state index in [1.54, 1.807) is 6.07 Å². The highest BCUT2D eigenvalue weighted by Crippen LogP contribution is 2.24. The summed E-state index contributed by atoms with van der Waals surface area (Å²) in [6, 6.07) is 7.32. The fraction of sp³-hybridized carbons (Fsp3) is 0.364. The quantitative estimate of drug-likeness (QED) is 0.475. The summed E-state index contributed by atoms with van der Waals surface area (Å²) < 4.78 is 5.69. The number of aliphatic imine (C=N–C) groups is 1. The van der Waals surface area contributed by atoms with Crippen LogP contribution in [0.15, 0.2) is 29.3 Å². The van der Waals surface area contributed by atoms with Crippen molar-refractivity contribution in [2.45, 2.75) is 19.4 Å². The van der Waals surface area contributed by atoms with Gasteiger partial charge in [-0.2, -0.15) is 0 Å². The van der Waals surface area contributed by atoms with Crippen molar-refractivity contribution in [1.29, 1.82) is 0 Å². The van der Waals surface area contributed by atoms with E-state index in [1.807, 2.05) is 25.1 Å². The lowest BCUT2D eigenvalue weighted by atomic mass is 10.2. The normalized spacial score (nSPS) is 11.2. The standard InChI is InChI=1S/C11H16ClN3O.HI/c1-2-8(7-15-11(13)14)16-10-6-4-3-5-9(10)12;/h3-6,8H,2,7H2,1H3,(H4,13,14,15);1H. The fourth-order valence-corrected chi connectivity index (χ4v) is 1.36. The molecule has 1 aromatic rings. The van der Waals surface area contributed by atoms with E-state index in [0.717, 1.165) is 6.42 Å². The van der Waals surface area contributed by atoms with E-state index in [4.69, 9.17) is 27.8 Å². The number of hydrogen-bond acceptors (Lipinski definition) is 2. The van der Waals surface area contributed by atoms with Crippen molar-refractivity contribution in [2.75, 3.05) is 6.54 Å². The van der Waals surface area contributed by atoms with Crippen molar-refractivity contribution in [3.05, 3.63) is 29.3 Å². The predicted molar refractivity (Wildman–Crippen MR) is 82.3 cm³/mol. The van der Waals surface area contributed by atoms with E-state index in [-0.39, 0.29) is 36.0 Å². The molecule has 0 spiro atoms. The highest BCUT2D eigenvalue weighted by molar-refractivity contribution is 14.0. The largest absolute Gasteiger partial charge is 0.487 e. The first-order valence-corrected chi connectivity index (χ1v) is 5.47. The summed E-state index contributed by atoms with van der Waals surface area (Å²) in [5.74, 6) is 0.725. The van der Waals surface area contributed by atoms with Gasteiger partial charge in [-0.05, 0) is 18.6 Å². The van der Waals surface area contributed by atoms with Gasteiger partial charge in [0.2, 0.25) is 0 Å². The molecule has 0 bridgehead atoms. The van der Waals surface area contributed by atoms with Crippen LogP contribution in [0.2, 0.25) is 5.02 Å². The summed E-state index contributed by atoms with van der Waals surface area (Å²) >= 11 is 5.98. The third-order valence-electron chi connectivity index (χ3n) is 2.06. The van der Waals surface area contributed by atoms with Gasteiger partial charge in [-0.1, -0.05) is 30.7 Å². The average Bonchev–Trinajstić information content (AvgIpc) is 2.26. The molecule has 0 aliphatic carbocycles. The van der Waals surface area contributed by atoms with Crippen LogP contribution in [0.5, 0.6) is 5.75 Å². The van der Waals surface area contributed by atoms with Gasteiger partial charge in [-0.15, -0.1) is 24.0 Å². The Kier molecular flexibility index (Phi) is 8.07. The van der Waals surface area contributed by atoms with Crippen molar-refractivity contribution >= 4 is 41.5 Å². The van der Waals surface area contributed by atoms with Crippen LogP contribution in [0.1, 0.15) is 13.3 Å². The maximum absolute atomic E-state index is 5.98. The maximum atomic E-state index is 5.98. The van der Waals surface area contributed by atoms with Gasteiger partial charge in [-0.3, -0.25) is 0 Å². The molecule has 0 aliphatic heterocycles. The summed E-state index contributed by atoms with van der Waals surface area (Å²) in [6.45, 7) is 2.44. The Morgan fingerprint density at radius 2 is 2.06 bits per heavy atom. The highest BCUT2D eigenvalue weighted by Gasteiger charge is 2.09. The van der Waals surface area contributed by atoms with E-state index >= 15 is 0 Å². The fourth-order valence-electron chi connectivity index (χ4n) is 1.18. The Labute approximate surface area is 123 Å². The molecule has 4 nitrogen and oxygen atoms in total. The summed E-state index contributed by atoms with van der Waals surface area (Å²) in [5.41, 5.74) is 10.5. The molecule has 0 saturated carbocycles. The number of ether oxygens (including phenoxy) is 1. The summed E-state index contributed by atoms with van der Waals surface area (Å²) in [7, 11) is 0. The molecule has 0 aliphatic rings. The van der Waals surface area contributed by atoms with Crippen molar-refractivity contribution in [3.8, 4) is 5.75 Å². The van der Waals surface area contributed by atoms with Gasteiger partial charge in [0.05, 0.1) is 11.6 Å². The Morgan fingerprint density at radius 1 is 1.41 bits per heavy atom. The second-order valence-corrected chi connectivity index (χ2v) is 3.75. The van der Waals surface area contributed by atoms with Gasteiger partial charge in [0.1, 0.15) is 11.9 Å². The molecule has 0 radical (unpaired) electrons. The first kappa shape index (κ1) is 16.3. The second-order valence-electron chi connectivity index (χ2n) is 3.34. The number of para-hydroxylation sites is 1. The van der Waals surface area contributed by atoms with E-state index in [1.165, 1.54) is 0 Å². The molecule has 0 fully saturated rings. The third kappa shape index (κ3) is 5.97. The molecule has 0 saturated heterocycles. The van der Waals surface area contributed by atoms with E-state index < -0.39 is 0 Å². The molecule has 1 aromatic carbocycles. The number of benzene rings is 1. The van der Waals surface area contributed by atoms with Crippen LogP contribution in [-0.4, -0.2) is 18.6 Å². The van der Waals surface area contributed by atoms with Crippen molar-refractivity contribution in [3.63, 3.8) is 0 Å². The summed E-state index contributed by atoms with van der Waals surface area (Å²) in [6.07, 6.45) is 0.740. The minimum Gasteiger partial charge on any atom is -0.487 e. The average molecular weight is 370 g/mol. The molecule has 1 rings (SSSR count). The Hall–Kier alpha value is -0.690. The van der Waals surface area contributed by atoms with Gasteiger partial charge < -0.3 is 16.2 Å². The monoisotopic (exact) mass is 369 g/mol. The van der Waals surface area contributed by atoms with E-state index in [0.29, 0.717) is 17.3 Å². The minimum atomic E-state index is -0.0676. The van der Waals surface area contributed by atoms with Crippen molar-refractivity contribution < 1.29 is 4.74 Å². The van der Waals surface area contributed by atoms with E-state index in [9.17, 15) is 0 Å². The molecule has 17 heavy (non-hydrogen) atoms. The van der Waals surface area contributed by atoms with Crippen LogP contribution in [0, 0.1) is 0 Å². The minimum absolute atomic E-state index is 0. The van der Waals surface area contributed by atoms with Crippen LogP contribution in [0.3, 0.4) is 0 Å². The zero-order valence-corrected chi connectivity index (χ0v) is 12.7. The molecule has 6 heteroatoms. The molecule has 1 atom stereocenters. The van der Waals surface area contributed by atoms with Crippen molar-refractivity contribution in [2.24, 2.45) is 16.5 Å². The maximum Gasteiger partial charge on any atom is 0.186 e. The van der Waals surface area contributed by atoms with Crippen LogP contribution >= 0.6 is 35.6 Å². The molecule has 96 valence electrons. The molecule has 0 amide bonds. The lowest BCUT2D eigenvalue weighted by molar-refractivity contribution is 0.206. The molecular weight excluding hydrogens is 352 g/mol. The molecule has 0 heterocycles.